The summed E-state index contributed by atoms with van der Waals surface area (Å²) in [5.41, 5.74) is 10.4. The molecule has 0 atom stereocenters. The van der Waals surface area contributed by atoms with Crippen LogP contribution in [0.2, 0.25) is 0 Å². The highest BCUT2D eigenvalue weighted by Crippen LogP contribution is 2.34. The second kappa shape index (κ2) is 8.85. The number of oxazole rings is 1. The summed E-state index contributed by atoms with van der Waals surface area (Å²) in [5.74, 6) is 0.625. The lowest BCUT2D eigenvalue weighted by Gasteiger charge is -2.12. The largest absolute Gasteiger partial charge is 0.436 e. The van der Waals surface area contributed by atoms with Crippen molar-refractivity contribution in [2.24, 2.45) is 0 Å². The van der Waals surface area contributed by atoms with Crippen LogP contribution in [0.15, 0.2) is 132 Å². The summed E-state index contributed by atoms with van der Waals surface area (Å²) in [6, 6.07) is 42.9. The average Bonchev–Trinajstić information content (AvgIpc) is 3.42. The number of hydrogen-bond donors (Lipinski definition) is 0. The van der Waals surface area contributed by atoms with Crippen LogP contribution >= 0.6 is 0 Å². The second-order valence-corrected chi connectivity index (χ2v) is 8.92. The first kappa shape index (κ1) is 21.2. The van der Waals surface area contributed by atoms with Crippen LogP contribution in [0, 0.1) is 0 Å². The maximum atomic E-state index is 5.94. The first-order chi connectivity index (χ1) is 18.3. The predicted octanol–water partition coefficient (Wildman–Crippen LogP) is 8.44. The molecule has 2 aromatic heterocycles. The maximum absolute atomic E-state index is 5.94. The van der Waals surface area contributed by atoms with Gasteiger partial charge < -0.3 is 4.42 Å². The minimum absolute atomic E-state index is 0.625. The summed E-state index contributed by atoms with van der Waals surface area (Å²) in [6.07, 6.45) is 0. The molecule has 5 aromatic carbocycles. The number of aromatic nitrogens is 3. The molecule has 0 aliphatic heterocycles. The minimum Gasteiger partial charge on any atom is -0.436 e. The molecule has 2 heterocycles. The van der Waals surface area contributed by atoms with Crippen LogP contribution in [0.1, 0.15) is 0 Å². The molecule has 4 nitrogen and oxygen atoms in total. The lowest BCUT2D eigenvalue weighted by molar-refractivity contribution is 0.620. The normalized spacial score (nSPS) is 11.2. The van der Waals surface area contributed by atoms with Crippen LogP contribution in [0.4, 0.5) is 0 Å². The van der Waals surface area contributed by atoms with Gasteiger partial charge in [0.15, 0.2) is 5.58 Å². The molecule has 0 saturated carbocycles. The highest BCUT2D eigenvalue weighted by molar-refractivity contribution is 5.87. The molecular weight excluding hydrogens is 454 g/mol. The molecule has 7 rings (SSSR count). The maximum Gasteiger partial charge on any atom is 0.227 e. The summed E-state index contributed by atoms with van der Waals surface area (Å²) in [5, 5.41) is 0. The van der Waals surface area contributed by atoms with Gasteiger partial charge in [-0.15, -0.1) is 0 Å². The number of nitrogens with zero attached hydrogens (tertiary/aromatic N) is 3. The summed E-state index contributed by atoms with van der Waals surface area (Å²) in [4.78, 5) is 14.7. The molecule has 37 heavy (non-hydrogen) atoms. The summed E-state index contributed by atoms with van der Waals surface area (Å²) >= 11 is 0. The van der Waals surface area contributed by atoms with E-state index in [9.17, 15) is 0 Å². The fourth-order valence-corrected chi connectivity index (χ4v) is 4.65. The Bertz CT molecular complexity index is 1840. The highest BCUT2D eigenvalue weighted by Gasteiger charge is 2.14. The summed E-state index contributed by atoms with van der Waals surface area (Å²) < 4.78 is 5.94. The topological polar surface area (TPSA) is 51.8 Å². The van der Waals surface area contributed by atoms with Gasteiger partial charge in [0.05, 0.1) is 22.4 Å². The van der Waals surface area contributed by atoms with E-state index in [1.165, 1.54) is 0 Å². The zero-order valence-electron chi connectivity index (χ0n) is 19.9. The molecule has 0 radical (unpaired) electrons. The Hall–Kier alpha value is -5.09. The Kier molecular flexibility index (Phi) is 5.07. The molecular formula is C33H21N3O. The van der Waals surface area contributed by atoms with Crippen LogP contribution < -0.4 is 0 Å². The van der Waals surface area contributed by atoms with Gasteiger partial charge in [0.25, 0.3) is 0 Å². The van der Waals surface area contributed by atoms with E-state index in [2.05, 4.69) is 65.6 Å². The van der Waals surface area contributed by atoms with E-state index >= 15 is 0 Å². The Morgan fingerprint density at radius 3 is 1.68 bits per heavy atom. The van der Waals surface area contributed by atoms with Crippen molar-refractivity contribution in [2.45, 2.75) is 0 Å². The molecule has 0 amide bonds. The zero-order chi connectivity index (χ0) is 24.6. The van der Waals surface area contributed by atoms with E-state index in [0.717, 1.165) is 61.3 Å². The van der Waals surface area contributed by atoms with Crippen molar-refractivity contribution in [2.75, 3.05) is 0 Å². The number of rotatable bonds is 4. The van der Waals surface area contributed by atoms with Crippen molar-refractivity contribution < 1.29 is 4.42 Å². The molecule has 174 valence electrons. The van der Waals surface area contributed by atoms with E-state index in [4.69, 9.17) is 14.4 Å². The lowest BCUT2D eigenvalue weighted by Crippen LogP contribution is -1.95. The van der Waals surface area contributed by atoms with Gasteiger partial charge in [-0.25, -0.2) is 15.0 Å². The van der Waals surface area contributed by atoms with Crippen molar-refractivity contribution >= 4 is 22.1 Å². The van der Waals surface area contributed by atoms with Crippen LogP contribution in [0.3, 0.4) is 0 Å². The van der Waals surface area contributed by atoms with Crippen molar-refractivity contribution in [1.82, 2.24) is 15.0 Å². The minimum atomic E-state index is 0.625. The van der Waals surface area contributed by atoms with Crippen molar-refractivity contribution in [1.29, 1.82) is 0 Å². The van der Waals surface area contributed by atoms with Crippen molar-refractivity contribution in [3.8, 4) is 45.1 Å². The third kappa shape index (κ3) is 3.95. The second-order valence-electron chi connectivity index (χ2n) is 8.92. The van der Waals surface area contributed by atoms with E-state index in [1.54, 1.807) is 0 Å². The van der Waals surface area contributed by atoms with Gasteiger partial charge in [-0.3, -0.25) is 0 Å². The van der Waals surface area contributed by atoms with E-state index in [-0.39, 0.29) is 0 Å². The first-order valence-corrected chi connectivity index (χ1v) is 12.2. The SMILES string of the molecule is c1ccc(-c2nc3ccccc3nc2-c2cccc(-c3ccc(-c4nc5ccccc5o4)cc3)c2)cc1. The standard InChI is InChI=1S/C33H21N3O/c1-2-9-23(10-3-1)31-32(35-28-14-5-4-13-27(28)34-31)26-12-8-11-25(21-26)22-17-19-24(20-18-22)33-36-29-15-6-7-16-30(29)37-33/h1-21H. The van der Waals surface area contributed by atoms with Gasteiger partial charge in [0, 0.05) is 16.7 Å². The Morgan fingerprint density at radius 1 is 0.378 bits per heavy atom. The third-order valence-corrected chi connectivity index (χ3v) is 6.51. The fourth-order valence-electron chi connectivity index (χ4n) is 4.65. The van der Waals surface area contributed by atoms with Gasteiger partial charge in [-0.1, -0.05) is 84.9 Å². The molecule has 0 fully saturated rings. The van der Waals surface area contributed by atoms with Gasteiger partial charge >= 0.3 is 0 Å². The fraction of sp³-hybridized carbons (Fsp3) is 0. The monoisotopic (exact) mass is 475 g/mol. The number of benzene rings is 5. The summed E-state index contributed by atoms with van der Waals surface area (Å²) in [6.45, 7) is 0. The predicted molar refractivity (Wildman–Crippen MR) is 149 cm³/mol. The molecule has 0 aliphatic carbocycles. The molecule has 0 aliphatic rings. The number of fused-ring (bicyclic) bond motifs is 2. The smallest absolute Gasteiger partial charge is 0.227 e. The first-order valence-electron chi connectivity index (χ1n) is 12.2. The molecule has 0 unspecified atom stereocenters. The zero-order valence-corrected chi connectivity index (χ0v) is 19.9. The molecule has 4 heteroatoms. The van der Waals surface area contributed by atoms with Crippen LogP contribution in [0.5, 0.6) is 0 Å². The number of para-hydroxylation sites is 4. The van der Waals surface area contributed by atoms with Gasteiger partial charge in [0.2, 0.25) is 5.89 Å². The lowest BCUT2D eigenvalue weighted by atomic mass is 9.98. The van der Waals surface area contributed by atoms with E-state index in [0.29, 0.717) is 5.89 Å². The van der Waals surface area contributed by atoms with Gasteiger partial charge in [-0.05, 0) is 53.6 Å². The average molecular weight is 476 g/mol. The molecule has 7 aromatic rings. The molecule has 0 bridgehead atoms. The Morgan fingerprint density at radius 2 is 0.946 bits per heavy atom. The highest BCUT2D eigenvalue weighted by atomic mass is 16.3. The number of hydrogen-bond acceptors (Lipinski definition) is 4. The molecule has 0 spiro atoms. The quantitative estimate of drug-likeness (QED) is 0.256. The third-order valence-electron chi connectivity index (χ3n) is 6.51. The van der Waals surface area contributed by atoms with Crippen LogP contribution in [-0.4, -0.2) is 15.0 Å². The van der Waals surface area contributed by atoms with Crippen LogP contribution in [0.25, 0.3) is 67.2 Å². The Balaban J connectivity index is 1.30. The van der Waals surface area contributed by atoms with Crippen molar-refractivity contribution in [3.05, 3.63) is 127 Å². The summed E-state index contributed by atoms with van der Waals surface area (Å²) in [7, 11) is 0. The molecule has 0 saturated heterocycles. The van der Waals surface area contributed by atoms with E-state index in [1.807, 2.05) is 66.7 Å². The van der Waals surface area contributed by atoms with E-state index < -0.39 is 0 Å². The van der Waals surface area contributed by atoms with Gasteiger partial charge in [0.1, 0.15) is 5.52 Å². The van der Waals surface area contributed by atoms with Crippen molar-refractivity contribution in [3.63, 3.8) is 0 Å². The Labute approximate surface area is 213 Å². The van der Waals surface area contributed by atoms with Gasteiger partial charge in [-0.2, -0.15) is 0 Å². The van der Waals surface area contributed by atoms with Crippen LogP contribution in [-0.2, 0) is 0 Å². The molecule has 0 N–H and O–H groups in total.